The Kier molecular flexibility index (Phi) is 5.34. The minimum atomic E-state index is -2.97. The number of benzene rings is 1. The van der Waals surface area contributed by atoms with E-state index in [2.05, 4.69) is 4.74 Å². The summed E-state index contributed by atoms with van der Waals surface area (Å²) in [5.74, 6) is -0.657. The predicted octanol–water partition coefficient (Wildman–Crippen LogP) is 3.51. The van der Waals surface area contributed by atoms with Crippen molar-refractivity contribution in [3.8, 4) is 5.75 Å². The molecule has 0 radical (unpaired) electrons. The minimum absolute atomic E-state index is 0.0198. The van der Waals surface area contributed by atoms with Crippen molar-refractivity contribution in [2.75, 3.05) is 6.61 Å². The summed E-state index contributed by atoms with van der Waals surface area (Å²) in [5.41, 5.74) is 1.20. The van der Waals surface area contributed by atoms with Crippen LogP contribution in [0.15, 0.2) is 12.1 Å². The molecule has 0 fully saturated rings. The lowest BCUT2D eigenvalue weighted by Crippen LogP contribution is -2.10. The van der Waals surface area contributed by atoms with Gasteiger partial charge in [0.25, 0.3) is 0 Å². The highest BCUT2D eigenvalue weighted by Gasteiger charge is 2.17. The van der Waals surface area contributed by atoms with Gasteiger partial charge in [0.2, 0.25) is 0 Å². The average Bonchev–Trinajstić information content (AvgIpc) is 2.30. The van der Waals surface area contributed by atoms with E-state index in [1.807, 2.05) is 0 Å². The SMILES string of the molecule is CCOC(=O)c1cc(OC(F)F)c(CCl)cc1C. The van der Waals surface area contributed by atoms with E-state index in [4.69, 9.17) is 16.3 Å². The Hall–Kier alpha value is -1.36. The van der Waals surface area contributed by atoms with E-state index in [0.29, 0.717) is 11.1 Å². The van der Waals surface area contributed by atoms with Crippen LogP contribution < -0.4 is 4.74 Å². The fourth-order valence-corrected chi connectivity index (χ4v) is 1.70. The van der Waals surface area contributed by atoms with Gasteiger partial charge in [-0.2, -0.15) is 8.78 Å². The van der Waals surface area contributed by atoms with Gasteiger partial charge < -0.3 is 9.47 Å². The maximum Gasteiger partial charge on any atom is 0.387 e. The molecule has 0 amide bonds. The third kappa shape index (κ3) is 3.57. The molecule has 1 aromatic carbocycles. The molecule has 6 heteroatoms. The summed E-state index contributed by atoms with van der Waals surface area (Å²) in [6.45, 7) is 0.580. The second kappa shape index (κ2) is 6.54. The number of hydrogen-bond donors (Lipinski definition) is 0. The molecule has 0 N–H and O–H groups in total. The molecule has 1 aromatic rings. The van der Waals surface area contributed by atoms with Gasteiger partial charge in [-0.15, -0.1) is 11.6 Å². The molecule has 0 saturated carbocycles. The molecule has 0 aliphatic rings. The van der Waals surface area contributed by atoms with Crippen LogP contribution in [-0.4, -0.2) is 19.2 Å². The van der Waals surface area contributed by atoms with Gasteiger partial charge in [-0.3, -0.25) is 0 Å². The molecule has 18 heavy (non-hydrogen) atoms. The van der Waals surface area contributed by atoms with Gasteiger partial charge in [-0.05, 0) is 25.5 Å². The first kappa shape index (κ1) is 14.7. The molecular weight excluding hydrogens is 266 g/mol. The van der Waals surface area contributed by atoms with E-state index in [1.54, 1.807) is 13.8 Å². The molecule has 0 saturated heterocycles. The van der Waals surface area contributed by atoms with Crippen molar-refractivity contribution < 1.29 is 23.0 Å². The third-order valence-electron chi connectivity index (χ3n) is 2.26. The monoisotopic (exact) mass is 278 g/mol. The van der Waals surface area contributed by atoms with Crippen molar-refractivity contribution in [3.05, 3.63) is 28.8 Å². The van der Waals surface area contributed by atoms with Crippen molar-refractivity contribution in [3.63, 3.8) is 0 Å². The van der Waals surface area contributed by atoms with Crippen LogP contribution in [0, 0.1) is 6.92 Å². The highest BCUT2D eigenvalue weighted by molar-refractivity contribution is 6.17. The van der Waals surface area contributed by atoms with Crippen LogP contribution >= 0.6 is 11.6 Å². The van der Waals surface area contributed by atoms with Gasteiger partial charge >= 0.3 is 12.6 Å². The Morgan fingerprint density at radius 2 is 2.11 bits per heavy atom. The predicted molar refractivity (Wildman–Crippen MR) is 63.3 cm³/mol. The van der Waals surface area contributed by atoms with Crippen LogP contribution in [-0.2, 0) is 10.6 Å². The third-order valence-corrected chi connectivity index (χ3v) is 2.55. The van der Waals surface area contributed by atoms with Crippen LogP contribution in [0.25, 0.3) is 0 Å². The molecule has 0 atom stereocenters. The van der Waals surface area contributed by atoms with Gasteiger partial charge in [0.15, 0.2) is 0 Å². The van der Waals surface area contributed by atoms with E-state index in [1.165, 1.54) is 12.1 Å². The fourth-order valence-electron chi connectivity index (χ4n) is 1.49. The smallest absolute Gasteiger partial charge is 0.387 e. The van der Waals surface area contributed by atoms with Crippen LogP contribution in [0.5, 0.6) is 5.75 Å². The number of hydrogen-bond acceptors (Lipinski definition) is 3. The zero-order chi connectivity index (χ0) is 13.7. The van der Waals surface area contributed by atoms with E-state index >= 15 is 0 Å². The first-order valence-corrected chi connectivity index (χ1v) is 5.84. The molecule has 0 spiro atoms. The largest absolute Gasteiger partial charge is 0.462 e. The Morgan fingerprint density at radius 3 is 2.61 bits per heavy atom. The van der Waals surface area contributed by atoms with Crippen molar-refractivity contribution in [2.45, 2.75) is 26.3 Å². The molecule has 0 unspecified atom stereocenters. The van der Waals surface area contributed by atoms with E-state index in [-0.39, 0.29) is 23.8 Å². The molecule has 0 aromatic heterocycles. The first-order valence-electron chi connectivity index (χ1n) is 5.31. The molecule has 100 valence electrons. The quantitative estimate of drug-likeness (QED) is 0.611. The molecule has 0 aliphatic heterocycles. The van der Waals surface area contributed by atoms with Crippen molar-refractivity contribution in [2.24, 2.45) is 0 Å². The van der Waals surface area contributed by atoms with E-state index in [9.17, 15) is 13.6 Å². The molecule has 0 heterocycles. The lowest BCUT2D eigenvalue weighted by atomic mass is 10.0. The maximum atomic E-state index is 12.2. The van der Waals surface area contributed by atoms with Crippen LogP contribution in [0.2, 0.25) is 0 Å². The number of carbonyl (C=O) groups is 1. The first-order chi connectivity index (χ1) is 8.49. The van der Waals surface area contributed by atoms with Gasteiger partial charge in [-0.1, -0.05) is 6.07 Å². The van der Waals surface area contributed by atoms with Crippen LogP contribution in [0.1, 0.15) is 28.4 Å². The number of halogens is 3. The summed E-state index contributed by atoms with van der Waals surface area (Å²) in [4.78, 5) is 11.6. The van der Waals surface area contributed by atoms with Gasteiger partial charge in [0.1, 0.15) is 5.75 Å². The molecule has 3 nitrogen and oxygen atoms in total. The molecule has 0 aliphatic carbocycles. The molecular formula is C12H13ClF2O3. The van der Waals surface area contributed by atoms with Gasteiger partial charge in [0, 0.05) is 5.56 Å². The lowest BCUT2D eigenvalue weighted by molar-refractivity contribution is -0.0504. The number of alkyl halides is 3. The Labute approximate surface area is 109 Å². The van der Waals surface area contributed by atoms with Gasteiger partial charge in [0.05, 0.1) is 18.1 Å². The molecule has 0 bridgehead atoms. The maximum absolute atomic E-state index is 12.2. The second-order valence-electron chi connectivity index (χ2n) is 3.51. The summed E-state index contributed by atoms with van der Waals surface area (Å²) in [6.07, 6.45) is 0. The van der Waals surface area contributed by atoms with Crippen molar-refractivity contribution in [1.29, 1.82) is 0 Å². The second-order valence-corrected chi connectivity index (χ2v) is 3.77. The Morgan fingerprint density at radius 1 is 1.44 bits per heavy atom. The number of rotatable bonds is 5. The zero-order valence-electron chi connectivity index (χ0n) is 10.0. The highest BCUT2D eigenvalue weighted by atomic mass is 35.5. The van der Waals surface area contributed by atoms with Crippen LogP contribution in [0.4, 0.5) is 8.78 Å². The molecule has 1 rings (SSSR count). The van der Waals surface area contributed by atoms with Gasteiger partial charge in [-0.25, -0.2) is 4.79 Å². The summed E-state index contributed by atoms with van der Waals surface area (Å²) in [7, 11) is 0. The summed E-state index contributed by atoms with van der Waals surface area (Å²) in [5, 5.41) is 0. The normalized spacial score (nSPS) is 10.6. The fraction of sp³-hybridized carbons (Fsp3) is 0.417. The Bertz CT molecular complexity index is 436. The summed E-state index contributed by atoms with van der Waals surface area (Å²) < 4.78 is 33.6. The standard InChI is InChI=1S/C12H13ClF2O3/c1-3-17-11(16)9-5-10(18-12(14)15)8(6-13)4-7(9)2/h4-5,12H,3,6H2,1-2H3. The summed E-state index contributed by atoms with van der Waals surface area (Å²) >= 11 is 5.64. The van der Waals surface area contributed by atoms with Crippen LogP contribution in [0.3, 0.4) is 0 Å². The topological polar surface area (TPSA) is 35.5 Å². The number of ether oxygens (including phenoxy) is 2. The highest BCUT2D eigenvalue weighted by Crippen LogP contribution is 2.27. The van der Waals surface area contributed by atoms with E-state index < -0.39 is 12.6 Å². The average molecular weight is 279 g/mol. The summed E-state index contributed by atoms with van der Waals surface area (Å²) in [6, 6.07) is 2.77. The lowest BCUT2D eigenvalue weighted by Gasteiger charge is -2.13. The number of esters is 1. The van der Waals surface area contributed by atoms with Crippen molar-refractivity contribution >= 4 is 17.6 Å². The zero-order valence-corrected chi connectivity index (χ0v) is 10.8. The number of aryl methyl sites for hydroxylation is 1. The van der Waals surface area contributed by atoms with E-state index in [0.717, 1.165) is 0 Å². The number of carbonyl (C=O) groups excluding carboxylic acids is 1. The Balaban J connectivity index is 3.16. The van der Waals surface area contributed by atoms with Crippen molar-refractivity contribution in [1.82, 2.24) is 0 Å². The minimum Gasteiger partial charge on any atom is -0.462 e.